The molecular weight excluding hydrogens is 432 g/mol. The third-order valence-corrected chi connectivity index (χ3v) is 4.81. The molecule has 0 bridgehead atoms. The Labute approximate surface area is 181 Å². The summed E-state index contributed by atoms with van der Waals surface area (Å²) in [4.78, 5) is 27.3. The number of amides is 2. The van der Waals surface area contributed by atoms with E-state index in [-0.39, 0.29) is 24.0 Å². The van der Waals surface area contributed by atoms with E-state index in [1.165, 1.54) is 0 Å². The lowest BCUT2D eigenvalue weighted by Gasteiger charge is -2.31. The summed E-state index contributed by atoms with van der Waals surface area (Å²) in [6, 6.07) is 14.6. The average molecular weight is 461 g/mol. The molecule has 1 N–H and O–H groups in total. The van der Waals surface area contributed by atoms with E-state index >= 15 is 0 Å². The van der Waals surface area contributed by atoms with Crippen LogP contribution in [0.4, 0.5) is 0 Å². The summed E-state index contributed by atoms with van der Waals surface area (Å²) in [5, 5.41) is 2.95. The van der Waals surface area contributed by atoms with Crippen molar-refractivity contribution < 1.29 is 14.3 Å². The van der Waals surface area contributed by atoms with Gasteiger partial charge in [-0.1, -0.05) is 40.2 Å². The van der Waals surface area contributed by atoms with Gasteiger partial charge in [0.05, 0.1) is 0 Å². The second-order valence-electron chi connectivity index (χ2n) is 8.17. The highest BCUT2D eigenvalue weighted by Crippen LogP contribution is 2.16. The fourth-order valence-electron chi connectivity index (χ4n) is 2.78. The predicted molar refractivity (Wildman–Crippen MR) is 119 cm³/mol. The Hall–Kier alpha value is -2.34. The molecule has 5 nitrogen and oxygen atoms in total. The minimum absolute atomic E-state index is 0.132. The van der Waals surface area contributed by atoms with Crippen molar-refractivity contribution in [2.75, 3.05) is 6.61 Å². The van der Waals surface area contributed by atoms with Gasteiger partial charge in [-0.05, 0) is 70.0 Å². The second-order valence-corrected chi connectivity index (χ2v) is 9.08. The molecule has 1 atom stereocenters. The van der Waals surface area contributed by atoms with Gasteiger partial charge >= 0.3 is 0 Å². The van der Waals surface area contributed by atoms with E-state index in [2.05, 4.69) is 21.2 Å². The Kier molecular flexibility index (Phi) is 7.85. The zero-order valence-corrected chi connectivity index (χ0v) is 19.2. The van der Waals surface area contributed by atoms with Crippen LogP contribution in [0.25, 0.3) is 0 Å². The molecule has 0 aromatic heterocycles. The van der Waals surface area contributed by atoms with Gasteiger partial charge in [-0.25, -0.2) is 0 Å². The van der Waals surface area contributed by atoms with E-state index in [1.54, 1.807) is 11.8 Å². The molecule has 0 saturated heterocycles. The molecule has 6 heteroatoms. The maximum atomic E-state index is 13.0. The number of benzene rings is 2. The molecule has 29 heavy (non-hydrogen) atoms. The Morgan fingerprint density at radius 1 is 1.14 bits per heavy atom. The van der Waals surface area contributed by atoms with Gasteiger partial charge in [0.25, 0.3) is 5.91 Å². The molecule has 0 aliphatic heterocycles. The highest BCUT2D eigenvalue weighted by Gasteiger charge is 2.28. The van der Waals surface area contributed by atoms with E-state index in [1.807, 2.05) is 76.2 Å². The first-order valence-electron chi connectivity index (χ1n) is 9.60. The Bertz CT molecular complexity index is 844. The number of carbonyl (C=O) groups excluding carboxylic acids is 2. The molecule has 156 valence electrons. The van der Waals surface area contributed by atoms with Crippen LogP contribution in [0.3, 0.4) is 0 Å². The van der Waals surface area contributed by atoms with Crippen molar-refractivity contribution in [3.8, 4) is 5.75 Å². The van der Waals surface area contributed by atoms with Gasteiger partial charge in [-0.3, -0.25) is 9.59 Å². The van der Waals surface area contributed by atoms with Gasteiger partial charge in [0.15, 0.2) is 6.61 Å². The maximum Gasteiger partial charge on any atom is 0.261 e. The van der Waals surface area contributed by atoms with Crippen LogP contribution in [0, 0.1) is 6.92 Å². The number of carbonyl (C=O) groups is 2. The highest BCUT2D eigenvalue weighted by molar-refractivity contribution is 9.10. The summed E-state index contributed by atoms with van der Waals surface area (Å²) in [6.45, 7) is 9.64. The van der Waals surface area contributed by atoms with Crippen LogP contribution >= 0.6 is 15.9 Å². The quantitative estimate of drug-likeness (QED) is 0.662. The summed E-state index contributed by atoms with van der Waals surface area (Å²) in [5.74, 6) is 0.193. The number of hydrogen-bond acceptors (Lipinski definition) is 3. The minimum atomic E-state index is -0.633. The van der Waals surface area contributed by atoms with E-state index in [9.17, 15) is 9.59 Å². The first-order chi connectivity index (χ1) is 13.5. The van der Waals surface area contributed by atoms with Crippen molar-refractivity contribution in [3.05, 3.63) is 64.1 Å². The highest BCUT2D eigenvalue weighted by atomic mass is 79.9. The molecule has 0 fully saturated rings. The molecular formula is C23H29BrN2O3. The summed E-state index contributed by atoms with van der Waals surface area (Å²) >= 11 is 3.42. The molecule has 0 heterocycles. The van der Waals surface area contributed by atoms with Crippen LogP contribution in [0.2, 0.25) is 0 Å². The van der Waals surface area contributed by atoms with E-state index in [0.717, 1.165) is 15.6 Å². The van der Waals surface area contributed by atoms with Crippen molar-refractivity contribution >= 4 is 27.7 Å². The van der Waals surface area contributed by atoms with Gasteiger partial charge in [-0.2, -0.15) is 0 Å². The zero-order valence-electron chi connectivity index (χ0n) is 17.7. The van der Waals surface area contributed by atoms with Crippen molar-refractivity contribution in [1.29, 1.82) is 0 Å². The molecule has 2 amide bonds. The van der Waals surface area contributed by atoms with Crippen molar-refractivity contribution in [2.45, 2.75) is 52.7 Å². The first kappa shape index (κ1) is 22.9. The van der Waals surface area contributed by atoms with Gasteiger partial charge in [0, 0.05) is 16.6 Å². The van der Waals surface area contributed by atoms with Crippen LogP contribution in [-0.4, -0.2) is 34.9 Å². The maximum absolute atomic E-state index is 13.0. The van der Waals surface area contributed by atoms with Gasteiger partial charge in [0.1, 0.15) is 11.8 Å². The van der Waals surface area contributed by atoms with Crippen LogP contribution in [0.15, 0.2) is 53.0 Å². The molecule has 0 aliphatic rings. The summed E-state index contributed by atoms with van der Waals surface area (Å²) in [6.07, 6.45) is 0. The largest absolute Gasteiger partial charge is 0.484 e. The van der Waals surface area contributed by atoms with E-state index in [4.69, 9.17) is 4.74 Å². The normalized spacial score (nSPS) is 12.2. The van der Waals surface area contributed by atoms with Gasteiger partial charge in [0.2, 0.25) is 5.91 Å². The number of rotatable bonds is 7. The standard InChI is InChI=1S/C23H29BrN2O3/c1-16-7-6-8-20(13-16)29-15-21(27)26(14-18-9-11-19(24)12-10-18)17(2)22(28)25-23(3,4)5/h6-13,17H,14-15H2,1-5H3,(H,25,28). The smallest absolute Gasteiger partial charge is 0.261 e. The number of aryl methyl sites for hydroxylation is 1. The van der Waals surface area contributed by atoms with Crippen LogP contribution in [0.1, 0.15) is 38.8 Å². The van der Waals surface area contributed by atoms with E-state index in [0.29, 0.717) is 12.3 Å². The van der Waals surface area contributed by atoms with Crippen LogP contribution in [-0.2, 0) is 16.1 Å². The molecule has 0 saturated carbocycles. The molecule has 0 radical (unpaired) electrons. The Balaban J connectivity index is 2.16. The van der Waals surface area contributed by atoms with Crippen LogP contribution in [0.5, 0.6) is 5.75 Å². The average Bonchev–Trinajstić information content (AvgIpc) is 2.64. The number of nitrogens with zero attached hydrogens (tertiary/aromatic N) is 1. The third-order valence-electron chi connectivity index (χ3n) is 4.28. The number of ether oxygens (including phenoxy) is 1. The van der Waals surface area contributed by atoms with Crippen molar-refractivity contribution in [1.82, 2.24) is 10.2 Å². The summed E-state index contributed by atoms with van der Waals surface area (Å²) in [7, 11) is 0. The zero-order chi connectivity index (χ0) is 21.6. The summed E-state index contributed by atoms with van der Waals surface area (Å²) < 4.78 is 6.65. The Morgan fingerprint density at radius 2 is 1.79 bits per heavy atom. The number of nitrogens with one attached hydrogen (secondary N) is 1. The monoisotopic (exact) mass is 460 g/mol. The fraction of sp³-hybridized carbons (Fsp3) is 0.391. The lowest BCUT2D eigenvalue weighted by molar-refractivity contribution is -0.142. The SMILES string of the molecule is Cc1cccc(OCC(=O)N(Cc2ccc(Br)cc2)C(C)C(=O)NC(C)(C)C)c1. The van der Waals surface area contributed by atoms with Crippen molar-refractivity contribution in [2.24, 2.45) is 0 Å². The van der Waals surface area contributed by atoms with E-state index < -0.39 is 6.04 Å². The van der Waals surface area contributed by atoms with Gasteiger partial charge < -0.3 is 15.0 Å². The second kappa shape index (κ2) is 9.92. The lowest BCUT2D eigenvalue weighted by atomic mass is 10.1. The summed E-state index contributed by atoms with van der Waals surface area (Å²) in [5.41, 5.74) is 1.61. The molecule has 0 aliphatic carbocycles. The molecule has 2 aromatic rings. The molecule has 0 spiro atoms. The first-order valence-corrected chi connectivity index (χ1v) is 10.4. The van der Waals surface area contributed by atoms with Crippen molar-refractivity contribution in [3.63, 3.8) is 0 Å². The number of halogens is 1. The topological polar surface area (TPSA) is 58.6 Å². The minimum Gasteiger partial charge on any atom is -0.484 e. The number of hydrogen-bond donors (Lipinski definition) is 1. The lowest BCUT2D eigenvalue weighted by Crippen LogP contribution is -2.53. The predicted octanol–water partition coefficient (Wildman–Crippen LogP) is 4.47. The molecule has 1 unspecified atom stereocenters. The molecule has 2 aromatic carbocycles. The fourth-order valence-corrected chi connectivity index (χ4v) is 3.04. The molecule has 2 rings (SSSR count). The Morgan fingerprint density at radius 3 is 2.38 bits per heavy atom. The third kappa shape index (κ3) is 7.54. The van der Waals surface area contributed by atoms with Crippen LogP contribution < -0.4 is 10.1 Å². The van der Waals surface area contributed by atoms with Gasteiger partial charge in [-0.15, -0.1) is 0 Å².